The van der Waals surface area contributed by atoms with Crippen LogP contribution in [0.5, 0.6) is 11.5 Å². The van der Waals surface area contributed by atoms with Crippen LogP contribution in [0.4, 0.5) is 0 Å². The summed E-state index contributed by atoms with van der Waals surface area (Å²) < 4.78 is 17.0. The van der Waals surface area contributed by atoms with Crippen LogP contribution in [0, 0.1) is 0 Å². The molecule has 1 saturated heterocycles. The number of nitrogens with zero attached hydrogens (tertiary/aromatic N) is 1. The number of benzene rings is 1. The number of hydrogen-bond acceptors (Lipinski definition) is 5. The van der Waals surface area contributed by atoms with Crippen LogP contribution in [-0.4, -0.2) is 37.2 Å². The molecule has 0 amide bonds. The van der Waals surface area contributed by atoms with Gasteiger partial charge in [-0.15, -0.1) is 0 Å². The van der Waals surface area contributed by atoms with Crippen molar-refractivity contribution in [2.75, 3.05) is 19.8 Å². The zero-order valence-corrected chi connectivity index (χ0v) is 13.4. The third-order valence-electron chi connectivity index (χ3n) is 3.85. The number of rotatable bonds is 5. The van der Waals surface area contributed by atoms with Crippen LogP contribution in [0.25, 0.3) is 0 Å². The summed E-state index contributed by atoms with van der Waals surface area (Å²) in [6.07, 6.45) is 1.76. The minimum absolute atomic E-state index is 0.0887. The third-order valence-corrected chi connectivity index (χ3v) is 3.85. The van der Waals surface area contributed by atoms with Crippen molar-refractivity contribution >= 4 is 5.71 Å². The number of oxime groups is 1. The molecule has 5 nitrogen and oxygen atoms in total. The van der Waals surface area contributed by atoms with Crippen molar-refractivity contribution in [2.45, 2.75) is 45.3 Å². The molecular weight excluding hydrogens is 282 g/mol. The molecule has 1 fully saturated rings. The van der Waals surface area contributed by atoms with E-state index in [2.05, 4.69) is 5.16 Å². The summed E-state index contributed by atoms with van der Waals surface area (Å²) in [5, 5.41) is 4.28. The van der Waals surface area contributed by atoms with Gasteiger partial charge in [0.1, 0.15) is 0 Å². The lowest BCUT2D eigenvalue weighted by Gasteiger charge is -2.18. The Bertz CT molecular complexity index is 562. The Balaban J connectivity index is 1.82. The van der Waals surface area contributed by atoms with Crippen molar-refractivity contribution in [1.82, 2.24) is 0 Å². The molecule has 0 saturated carbocycles. The highest BCUT2D eigenvalue weighted by Crippen LogP contribution is 2.36. The Hall–Kier alpha value is -1.75. The van der Waals surface area contributed by atoms with Crippen LogP contribution in [0.3, 0.4) is 0 Å². The molecule has 0 radical (unpaired) electrons. The van der Waals surface area contributed by atoms with Gasteiger partial charge in [0.25, 0.3) is 0 Å². The Morgan fingerprint density at radius 3 is 2.86 bits per heavy atom. The molecule has 1 aromatic carbocycles. The van der Waals surface area contributed by atoms with Crippen molar-refractivity contribution in [3.8, 4) is 11.5 Å². The predicted molar refractivity (Wildman–Crippen MR) is 83.8 cm³/mol. The normalized spacial score (nSPS) is 23.7. The zero-order chi connectivity index (χ0) is 15.6. The van der Waals surface area contributed by atoms with E-state index in [-0.39, 0.29) is 11.7 Å². The second-order valence-electron chi connectivity index (χ2n) is 6.05. The molecule has 2 aliphatic rings. The first kappa shape index (κ1) is 15.2. The summed E-state index contributed by atoms with van der Waals surface area (Å²) in [6, 6.07) is 5.94. The Kier molecular flexibility index (Phi) is 4.25. The van der Waals surface area contributed by atoms with E-state index in [1.165, 1.54) is 0 Å². The summed E-state index contributed by atoms with van der Waals surface area (Å²) in [5.74, 6) is 1.51. The average Bonchev–Trinajstić information content (AvgIpc) is 3.11. The Morgan fingerprint density at radius 1 is 1.32 bits per heavy atom. The maximum absolute atomic E-state index is 5.87. The van der Waals surface area contributed by atoms with E-state index >= 15 is 0 Å². The van der Waals surface area contributed by atoms with Crippen LogP contribution in [0.1, 0.15) is 39.2 Å². The van der Waals surface area contributed by atoms with E-state index < -0.39 is 0 Å². The molecule has 3 rings (SSSR count). The first-order valence-corrected chi connectivity index (χ1v) is 7.88. The van der Waals surface area contributed by atoms with Crippen molar-refractivity contribution in [3.05, 3.63) is 23.8 Å². The first-order chi connectivity index (χ1) is 10.6. The molecule has 1 unspecified atom stereocenters. The monoisotopic (exact) mass is 305 g/mol. The maximum atomic E-state index is 5.87. The third kappa shape index (κ3) is 3.04. The molecular formula is C17H23NO4. The lowest BCUT2D eigenvalue weighted by Crippen LogP contribution is -2.29. The molecule has 1 atom stereocenters. The van der Waals surface area contributed by atoms with Gasteiger partial charge in [-0.25, -0.2) is 0 Å². The average molecular weight is 305 g/mol. The first-order valence-electron chi connectivity index (χ1n) is 7.88. The standard InChI is InChI=1S/C17H23NO4/c1-4-20-15-6-5-13(9-16(15)21-12(2)3)14-10-17(22-18-14)7-8-19-11-17/h5-6,9,12H,4,7-8,10-11H2,1-3H3. The van der Waals surface area contributed by atoms with Gasteiger partial charge in [-0.2, -0.15) is 0 Å². The minimum atomic E-state index is -0.257. The summed E-state index contributed by atoms with van der Waals surface area (Å²) >= 11 is 0. The molecule has 0 bridgehead atoms. The largest absolute Gasteiger partial charge is 0.490 e. The highest BCUT2D eigenvalue weighted by atomic mass is 16.7. The highest BCUT2D eigenvalue weighted by molar-refractivity contribution is 6.02. The molecule has 1 spiro atoms. The van der Waals surface area contributed by atoms with E-state index in [9.17, 15) is 0 Å². The molecule has 0 N–H and O–H groups in total. The zero-order valence-electron chi connectivity index (χ0n) is 13.4. The molecule has 0 aliphatic carbocycles. The maximum Gasteiger partial charge on any atom is 0.168 e. The van der Waals surface area contributed by atoms with E-state index in [0.717, 1.165) is 42.2 Å². The lowest BCUT2D eigenvalue weighted by atomic mass is 9.93. The molecule has 120 valence electrons. The number of hydrogen-bond donors (Lipinski definition) is 0. The van der Waals surface area contributed by atoms with Crippen LogP contribution in [-0.2, 0) is 9.57 Å². The van der Waals surface area contributed by atoms with Gasteiger partial charge in [0.05, 0.1) is 31.6 Å². The molecule has 5 heteroatoms. The smallest absolute Gasteiger partial charge is 0.168 e. The molecule has 2 heterocycles. The van der Waals surface area contributed by atoms with E-state index in [1.54, 1.807) is 0 Å². The van der Waals surface area contributed by atoms with Crippen molar-refractivity contribution in [1.29, 1.82) is 0 Å². The Labute approximate surface area is 131 Å². The van der Waals surface area contributed by atoms with Crippen LogP contribution >= 0.6 is 0 Å². The van der Waals surface area contributed by atoms with Gasteiger partial charge in [0.15, 0.2) is 17.1 Å². The fourth-order valence-electron chi connectivity index (χ4n) is 2.78. The highest BCUT2D eigenvalue weighted by Gasteiger charge is 2.43. The summed E-state index contributed by atoms with van der Waals surface area (Å²) in [4.78, 5) is 5.66. The van der Waals surface area contributed by atoms with Gasteiger partial charge < -0.3 is 19.0 Å². The Morgan fingerprint density at radius 2 is 2.18 bits per heavy atom. The summed E-state index contributed by atoms with van der Waals surface area (Å²) in [7, 11) is 0. The predicted octanol–water partition coefficient (Wildman–Crippen LogP) is 3.16. The van der Waals surface area contributed by atoms with Crippen molar-refractivity contribution < 1.29 is 19.0 Å². The van der Waals surface area contributed by atoms with Gasteiger partial charge in [0.2, 0.25) is 0 Å². The molecule has 22 heavy (non-hydrogen) atoms. The van der Waals surface area contributed by atoms with Crippen molar-refractivity contribution in [2.24, 2.45) is 5.16 Å². The van der Waals surface area contributed by atoms with Gasteiger partial charge in [-0.05, 0) is 39.0 Å². The molecule has 2 aliphatic heterocycles. The summed E-state index contributed by atoms with van der Waals surface area (Å²) in [5.41, 5.74) is 1.71. The second kappa shape index (κ2) is 6.16. The van der Waals surface area contributed by atoms with Crippen LogP contribution in [0.15, 0.2) is 23.4 Å². The minimum Gasteiger partial charge on any atom is -0.490 e. The van der Waals surface area contributed by atoms with Gasteiger partial charge in [0, 0.05) is 18.4 Å². The molecule has 0 aromatic heterocycles. The van der Waals surface area contributed by atoms with E-state index in [4.69, 9.17) is 19.0 Å². The fourth-order valence-corrected chi connectivity index (χ4v) is 2.78. The SMILES string of the molecule is CCOc1ccc(C2=NOC3(CCOC3)C2)cc1OC(C)C. The van der Waals surface area contributed by atoms with Crippen LogP contribution < -0.4 is 9.47 Å². The lowest BCUT2D eigenvalue weighted by molar-refractivity contribution is -0.0237. The van der Waals surface area contributed by atoms with Crippen LogP contribution in [0.2, 0.25) is 0 Å². The van der Waals surface area contributed by atoms with E-state index in [1.807, 2.05) is 39.0 Å². The quantitative estimate of drug-likeness (QED) is 0.838. The second-order valence-corrected chi connectivity index (χ2v) is 6.05. The molecule has 1 aromatic rings. The van der Waals surface area contributed by atoms with E-state index in [0.29, 0.717) is 13.2 Å². The number of ether oxygens (including phenoxy) is 3. The topological polar surface area (TPSA) is 49.3 Å². The van der Waals surface area contributed by atoms with Gasteiger partial charge >= 0.3 is 0 Å². The van der Waals surface area contributed by atoms with Gasteiger partial charge in [-0.1, -0.05) is 5.16 Å². The van der Waals surface area contributed by atoms with Crippen molar-refractivity contribution in [3.63, 3.8) is 0 Å². The fraction of sp³-hybridized carbons (Fsp3) is 0.588. The van der Waals surface area contributed by atoms with Gasteiger partial charge in [-0.3, -0.25) is 0 Å². The summed E-state index contributed by atoms with van der Waals surface area (Å²) in [6.45, 7) is 7.94.